The number of likely N-dealkylation sites (N-methyl/N-ethyl adjacent to an activating group) is 1. The Morgan fingerprint density at radius 1 is 1.04 bits per heavy atom. The maximum atomic E-state index is 12.7. The second-order valence-corrected chi connectivity index (χ2v) is 5.80. The maximum absolute atomic E-state index is 12.7. The van der Waals surface area contributed by atoms with Crippen LogP contribution >= 0.6 is 0 Å². The van der Waals surface area contributed by atoms with Gasteiger partial charge in [0.1, 0.15) is 17.3 Å². The monoisotopic (exact) mass is 304 g/mol. The van der Waals surface area contributed by atoms with Crippen LogP contribution in [0.15, 0.2) is 59.2 Å². The Hall–Kier alpha value is -2.88. The molecule has 4 nitrogen and oxygen atoms in total. The van der Waals surface area contributed by atoms with Gasteiger partial charge in [-0.3, -0.25) is 9.69 Å². The predicted octanol–water partition coefficient (Wildman–Crippen LogP) is 2.97. The fourth-order valence-corrected chi connectivity index (χ4v) is 3.29. The standard InChI is InChI=1S/C19H16N2O2/c1-21-18(13-6-3-2-4-7-13)20-17(19(21)23)14-11-10-12-8-5-9-15(22)16(12)14/h2-9,22H,10-11H2,1H3/b17-14-. The predicted molar refractivity (Wildman–Crippen MR) is 89.1 cm³/mol. The Morgan fingerprint density at radius 2 is 1.83 bits per heavy atom. The van der Waals surface area contributed by atoms with Gasteiger partial charge in [-0.2, -0.15) is 0 Å². The number of amidine groups is 1. The minimum absolute atomic E-state index is 0.116. The van der Waals surface area contributed by atoms with Crippen molar-refractivity contribution in [3.63, 3.8) is 0 Å². The van der Waals surface area contributed by atoms with Gasteiger partial charge in [0, 0.05) is 18.2 Å². The highest BCUT2D eigenvalue weighted by Gasteiger charge is 2.33. The third kappa shape index (κ3) is 2.06. The number of benzene rings is 2. The molecule has 0 spiro atoms. The van der Waals surface area contributed by atoms with Gasteiger partial charge in [-0.15, -0.1) is 0 Å². The number of carbonyl (C=O) groups excluding carboxylic acids is 1. The van der Waals surface area contributed by atoms with Crippen LogP contribution in [0.2, 0.25) is 0 Å². The van der Waals surface area contributed by atoms with Gasteiger partial charge in [0.15, 0.2) is 0 Å². The molecule has 4 heteroatoms. The number of hydrogen-bond acceptors (Lipinski definition) is 3. The van der Waals surface area contributed by atoms with Crippen molar-refractivity contribution in [3.8, 4) is 5.75 Å². The third-order valence-electron chi connectivity index (χ3n) is 4.44. The first-order chi connectivity index (χ1) is 11.2. The molecule has 1 N–H and O–H groups in total. The SMILES string of the molecule is CN1C(=O)/C(=C2\CCc3cccc(O)c32)N=C1c1ccccc1. The number of aromatic hydroxyl groups is 1. The number of nitrogens with zero attached hydrogens (tertiary/aromatic N) is 2. The molecule has 0 saturated heterocycles. The molecule has 0 unspecified atom stereocenters. The van der Waals surface area contributed by atoms with Crippen molar-refractivity contribution in [2.45, 2.75) is 12.8 Å². The minimum Gasteiger partial charge on any atom is -0.507 e. The van der Waals surface area contributed by atoms with E-state index in [0.717, 1.165) is 35.1 Å². The molecule has 0 radical (unpaired) electrons. The van der Waals surface area contributed by atoms with Gasteiger partial charge >= 0.3 is 0 Å². The van der Waals surface area contributed by atoms with Crippen LogP contribution in [0.4, 0.5) is 0 Å². The molecule has 2 aromatic carbocycles. The number of aliphatic imine (C=N–C) groups is 1. The molecule has 0 fully saturated rings. The first kappa shape index (κ1) is 13.8. The summed E-state index contributed by atoms with van der Waals surface area (Å²) in [6, 6.07) is 15.2. The smallest absolute Gasteiger partial charge is 0.278 e. The fourth-order valence-electron chi connectivity index (χ4n) is 3.29. The van der Waals surface area contributed by atoms with E-state index in [0.29, 0.717) is 11.5 Å². The Labute approximate surface area is 134 Å². The molecule has 0 bridgehead atoms. The summed E-state index contributed by atoms with van der Waals surface area (Å²) in [4.78, 5) is 18.9. The highest BCUT2D eigenvalue weighted by Crippen LogP contribution is 2.41. The van der Waals surface area contributed by atoms with Crippen LogP contribution in [-0.4, -0.2) is 28.8 Å². The zero-order chi connectivity index (χ0) is 16.0. The van der Waals surface area contributed by atoms with Crippen LogP contribution < -0.4 is 0 Å². The lowest BCUT2D eigenvalue weighted by Gasteiger charge is -2.11. The van der Waals surface area contributed by atoms with Gasteiger partial charge in [-0.1, -0.05) is 42.5 Å². The summed E-state index contributed by atoms with van der Waals surface area (Å²) in [5, 5.41) is 10.2. The van der Waals surface area contributed by atoms with Crippen molar-refractivity contribution < 1.29 is 9.90 Å². The van der Waals surface area contributed by atoms with Crippen molar-refractivity contribution in [1.29, 1.82) is 0 Å². The van der Waals surface area contributed by atoms with E-state index < -0.39 is 0 Å². The van der Waals surface area contributed by atoms with Gasteiger partial charge in [0.2, 0.25) is 0 Å². The molecule has 2 aromatic rings. The molecule has 0 atom stereocenters. The summed E-state index contributed by atoms with van der Waals surface area (Å²) in [6.07, 6.45) is 1.56. The van der Waals surface area contributed by atoms with Crippen LogP contribution in [-0.2, 0) is 11.2 Å². The lowest BCUT2D eigenvalue weighted by molar-refractivity contribution is -0.121. The van der Waals surface area contributed by atoms with E-state index in [-0.39, 0.29) is 11.7 Å². The molecular formula is C19H16N2O2. The van der Waals surface area contributed by atoms with Crippen molar-refractivity contribution in [3.05, 3.63) is 70.9 Å². The molecule has 23 heavy (non-hydrogen) atoms. The third-order valence-corrected chi connectivity index (χ3v) is 4.44. The van der Waals surface area contributed by atoms with Crippen LogP contribution in [0.1, 0.15) is 23.1 Å². The highest BCUT2D eigenvalue weighted by atomic mass is 16.3. The van der Waals surface area contributed by atoms with Crippen LogP contribution in [0.3, 0.4) is 0 Å². The molecule has 0 saturated carbocycles. The van der Waals surface area contributed by atoms with Crippen molar-refractivity contribution >= 4 is 17.3 Å². The van der Waals surface area contributed by atoms with Gasteiger partial charge in [-0.25, -0.2) is 4.99 Å². The van der Waals surface area contributed by atoms with Gasteiger partial charge < -0.3 is 5.11 Å². The zero-order valence-corrected chi connectivity index (χ0v) is 12.8. The van der Waals surface area contributed by atoms with Crippen LogP contribution in [0.5, 0.6) is 5.75 Å². The number of carbonyl (C=O) groups is 1. The number of hydrogen-bond donors (Lipinski definition) is 1. The zero-order valence-electron chi connectivity index (χ0n) is 12.8. The Morgan fingerprint density at radius 3 is 2.61 bits per heavy atom. The van der Waals surface area contributed by atoms with E-state index in [2.05, 4.69) is 4.99 Å². The number of allylic oxidation sites excluding steroid dienone is 1. The largest absolute Gasteiger partial charge is 0.507 e. The molecule has 1 aliphatic carbocycles. The lowest BCUT2D eigenvalue weighted by atomic mass is 10.0. The summed E-state index contributed by atoms with van der Waals surface area (Å²) < 4.78 is 0. The molecule has 1 heterocycles. The number of phenolic OH excluding ortho intramolecular Hbond substituents is 1. The van der Waals surface area contributed by atoms with E-state index in [4.69, 9.17) is 0 Å². The van der Waals surface area contributed by atoms with Crippen LogP contribution in [0.25, 0.3) is 5.57 Å². The molecular weight excluding hydrogens is 288 g/mol. The number of rotatable bonds is 1. The topological polar surface area (TPSA) is 52.9 Å². The van der Waals surface area contributed by atoms with Crippen molar-refractivity contribution in [2.24, 2.45) is 4.99 Å². The Balaban J connectivity index is 1.88. The number of amides is 1. The number of phenols is 1. The van der Waals surface area contributed by atoms with Gasteiger partial charge in [0.05, 0.1) is 0 Å². The van der Waals surface area contributed by atoms with E-state index in [9.17, 15) is 9.90 Å². The molecule has 2 aliphatic rings. The Kier molecular flexibility index (Phi) is 3.05. The summed E-state index contributed by atoms with van der Waals surface area (Å²) in [6.45, 7) is 0. The second kappa shape index (κ2) is 5.09. The molecule has 1 aliphatic heterocycles. The highest BCUT2D eigenvalue weighted by molar-refractivity contribution is 6.20. The Bertz CT molecular complexity index is 866. The molecule has 4 rings (SSSR count). The minimum atomic E-state index is -0.116. The number of aryl methyl sites for hydroxylation is 1. The first-order valence-electron chi connectivity index (χ1n) is 7.63. The first-order valence-corrected chi connectivity index (χ1v) is 7.63. The lowest BCUT2D eigenvalue weighted by Crippen LogP contribution is -2.28. The van der Waals surface area contributed by atoms with Gasteiger partial charge in [-0.05, 0) is 30.0 Å². The fraction of sp³-hybridized carbons (Fsp3) is 0.158. The summed E-state index contributed by atoms with van der Waals surface area (Å²) in [5.74, 6) is 0.762. The van der Waals surface area contributed by atoms with E-state index in [1.165, 1.54) is 0 Å². The molecule has 114 valence electrons. The van der Waals surface area contributed by atoms with E-state index in [1.807, 2.05) is 42.5 Å². The van der Waals surface area contributed by atoms with Crippen molar-refractivity contribution in [1.82, 2.24) is 4.90 Å². The van der Waals surface area contributed by atoms with Crippen LogP contribution in [0, 0.1) is 0 Å². The summed E-state index contributed by atoms with van der Waals surface area (Å²) >= 11 is 0. The quantitative estimate of drug-likeness (QED) is 0.824. The average Bonchev–Trinajstić information content (AvgIpc) is 3.12. The number of fused-ring (bicyclic) bond motifs is 1. The maximum Gasteiger partial charge on any atom is 0.278 e. The van der Waals surface area contributed by atoms with Gasteiger partial charge in [0.25, 0.3) is 5.91 Å². The second-order valence-electron chi connectivity index (χ2n) is 5.80. The average molecular weight is 304 g/mol. The van der Waals surface area contributed by atoms with E-state index >= 15 is 0 Å². The van der Waals surface area contributed by atoms with Crippen molar-refractivity contribution in [2.75, 3.05) is 7.05 Å². The summed E-state index contributed by atoms with van der Waals surface area (Å²) in [7, 11) is 1.74. The normalized spacial score (nSPS) is 20.0. The van der Waals surface area contributed by atoms with E-state index in [1.54, 1.807) is 18.0 Å². The summed E-state index contributed by atoms with van der Waals surface area (Å²) in [5.41, 5.74) is 4.07. The molecule has 0 aromatic heterocycles. The molecule has 1 amide bonds.